The van der Waals surface area contributed by atoms with E-state index >= 15 is 0 Å². The Balaban J connectivity index is 1.83. The van der Waals surface area contributed by atoms with Gasteiger partial charge in [-0.05, 0) is 52.7 Å². The highest BCUT2D eigenvalue weighted by molar-refractivity contribution is 5.46. The van der Waals surface area contributed by atoms with Crippen molar-refractivity contribution in [1.82, 2.24) is 14.7 Å². The topological polar surface area (TPSA) is 55.6 Å². The number of hydrogen-bond donors (Lipinski definition) is 1. The zero-order valence-corrected chi connectivity index (χ0v) is 14.5. The maximum absolute atomic E-state index is 12.2. The molecule has 23 heavy (non-hydrogen) atoms. The summed E-state index contributed by atoms with van der Waals surface area (Å²) in [5.74, 6) is 0. The monoisotopic (exact) mass is 315 g/mol. The fourth-order valence-electron chi connectivity index (χ4n) is 3.51. The Morgan fingerprint density at radius 1 is 1.39 bits per heavy atom. The predicted octanol–water partition coefficient (Wildman–Crippen LogP) is 2.44. The van der Waals surface area contributed by atoms with Crippen LogP contribution in [0.1, 0.15) is 45.4 Å². The maximum Gasteiger partial charge on any atom is 0.258 e. The molecule has 5 heteroatoms. The Morgan fingerprint density at radius 3 is 2.78 bits per heavy atom. The van der Waals surface area contributed by atoms with Crippen molar-refractivity contribution in [2.45, 2.75) is 64.8 Å². The molecule has 0 radical (unpaired) electrons. The summed E-state index contributed by atoms with van der Waals surface area (Å²) in [4.78, 5) is 16.9. The van der Waals surface area contributed by atoms with Crippen molar-refractivity contribution in [3.05, 3.63) is 46.0 Å². The normalized spacial score (nSPS) is 22.6. The van der Waals surface area contributed by atoms with Crippen molar-refractivity contribution in [3.63, 3.8) is 0 Å². The molecule has 1 saturated heterocycles. The fraction of sp³-hybridized carbons (Fsp3) is 0.556. The van der Waals surface area contributed by atoms with Gasteiger partial charge in [0.05, 0.1) is 16.9 Å². The Kier molecular flexibility index (Phi) is 3.81. The van der Waals surface area contributed by atoms with Gasteiger partial charge in [0.1, 0.15) is 5.65 Å². The molecule has 124 valence electrons. The van der Waals surface area contributed by atoms with Gasteiger partial charge in [0.25, 0.3) is 5.56 Å². The molecule has 1 aliphatic heterocycles. The Morgan fingerprint density at radius 2 is 2.13 bits per heavy atom. The molecule has 3 rings (SSSR count). The van der Waals surface area contributed by atoms with Gasteiger partial charge in [-0.2, -0.15) is 0 Å². The highest BCUT2D eigenvalue weighted by Gasteiger charge is 2.45. The van der Waals surface area contributed by atoms with Gasteiger partial charge in [0.15, 0.2) is 0 Å². The minimum absolute atomic E-state index is 0.0437. The van der Waals surface area contributed by atoms with Crippen LogP contribution in [0, 0.1) is 6.92 Å². The molecule has 1 aliphatic rings. The summed E-state index contributed by atoms with van der Waals surface area (Å²) < 4.78 is 7.69. The third-order valence-electron chi connectivity index (χ3n) is 4.54. The summed E-state index contributed by atoms with van der Waals surface area (Å²) in [6, 6.07) is 5.67. The smallest absolute Gasteiger partial charge is 0.258 e. The minimum Gasteiger partial charge on any atom is -0.368 e. The first-order chi connectivity index (χ1) is 10.7. The van der Waals surface area contributed by atoms with Crippen molar-refractivity contribution in [2.75, 3.05) is 0 Å². The molecule has 0 aromatic carbocycles. The molecular weight excluding hydrogens is 290 g/mol. The van der Waals surface area contributed by atoms with Crippen molar-refractivity contribution >= 4 is 5.65 Å². The van der Waals surface area contributed by atoms with E-state index in [1.54, 1.807) is 16.7 Å². The Labute approximate surface area is 136 Å². The summed E-state index contributed by atoms with van der Waals surface area (Å²) in [7, 11) is 0. The number of aryl methyl sites for hydroxylation is 1. The highest BCUT2D eigenvalue weighted by Crippen LogP contribution is 2.37. The summed E-state index contributed by atoms with van der Waals surface area (Å²) in [5.41, 5.74) is 2.08. The second-order valence-corrected chi connectivity index (χ2v) is 7.57. The van der Waals surface area contributed by atoms with Gasteiger partial charge in [-0.25, -0.2) is 4.98 Å². The van der Waals surface area contributed by atoms with Gasteiger partial charge in [0.2, 0.25) is 0 Å². The van der Waals surface area contributed by atoms with Crippen LogP contribution >= 0.6 is 0 Å². The molecule has 1 N–H and O–H groups in total. The first-order valence-corrected chi connectivity index (χ1v) is 8.09. The van der Waals surface area contributed by atoms with Gasteiger partial charge < -0.3 is 10.1 Å². The summed E-state index contributed by atoms with van der Waals surface area (Å²) >= 11 is 0. The van der Waals surface area contributed by atoms with Crippen molar-refractivity contribution in [3.8, 4) is 0 Å². The van der Waals surface area contributed by atoms with Gasteiger partial charge in [-0.3, -0.25) is 9.20 Å². The molecule has 0 unspecified atom stereocenters. The lowest BCUT2D eigenvalue weighted by atomic mass is 9.94. The molecule has 3 heterocycles. The van der Waals surface area contributed by atoms with E-state index < -0.39 is 0 Å². The van der Waals surface area contributed by atoms with Crippen LogP contribution < -0.4 is 10.9 Å². The van der Waals surface area contributed by atoms with E-state index in [0.717, 1.165) is 23.3 Å². The van der Waals surface area contributed by atoms with Crippen LogP contribution in [-0.4, -0.2) is 26.6 Å². The van der Waals surface area contributed by atoms with Crippen LogP contribution in [0.25, 0.3) is 5.65 Å². The number of nitrogens with zero attached hydrogens (tertiary/aromatic N) is 2. The van der Waals surface area contributed by atoms with Gasteiger partial charge in [-0.1, -0.05) is 6.07 Å². The standard InChI is InChI=1S/C18H25N3O2/c1-12-7-6-8-21-15(22)9-13(20-16(12)21)11-19-14-10-17(2,3)23-18(14,4)5/h6-9,14,19H,10-11H2,1-5H3/t14-/m0/s1. The summed E-state index contributed by atoms with van der Waals surface area (Å²) in [6.45, 7) is 11.0. The van der Waals surface area contributed by atoms with Gasteiger partial charge in [-0.15, -0.1) is 0 Å². The van der Waals surface area contributed by atoms with E-state index in [0.29, 0.717) is 6.54 Å². The zero-order valence-electron chi connectivity index (χ0n) is 14.5. The summed E-state index contributed by atoms with van der Waals surface area (Å²) in [5, 5.41) is 3.52. The fourth-order valence-corrected chi connectivity index (χ4v) is 3.51. The molecule has 1 fully saturated rings. The van der Waals surface area contributed by atoms with Crippen molar-refractivity contribution < 1.29 is 4.74 Å². The van der Waals surface area contributed by atoms with E-state index in [2.05, 4.69) is 38.0 Å². The highest BCUT2D eigenvalue weighted by atomic mass is 16.5. The molecule has 0 amide bonds. The average Bonchev–Trinajstić information content (AvgIpc) is 2.65. The zero-order chi connectivity index (χ0) is 16.8. The van der Waals surface area contributed by atoms with Crippen molar-refractivity contribution in [1.29, 1.82) is 0 Å². The van der Waals surface area contributed by atoms with Crippen molar-refractivity contribution in [2.24, 2.45) is 0 Å². The lowest BCUT2D eigenvalue weighted by Crippen LogP contribution is -2.43. The lowest BCUT2D eigenvalue weighted by molar-refractivity contribution is -0.0699. The van der Waals surface area contributed by atoms with Crippen LogP contribution in [0.2, 0.25) is 0 Å². The van der Waals surface area contributed by atoms with E-state index in [1.807, 2.05) is 19.1 Å². The van der Waals surface area contributed by atoms with E-state index in [9.17, 15) is 4.79 Å². The lowest BCUT2D eigenvalue weighted by Gasteiger charge is -2.27. The van der Waals surface area contributed by atoms with Crippen LogP contribution in [0.4, 0.5) is 0 Å². The Bertz CT molecular complexity index is 792. The Hall–Kier alpha value is -1.72. The second kappa shape index (κ2) is 5.42. The minimum atomic E-state index is -0.231. The molecule has 2 aromatic heterocycles. The third kappa shape index (κ3) is 3.16. The quantitative estimate of drug-likeness (QED) is 0.945. The molecule has 1 atom stereocenters. The maximum atomic E-state index is 12.2. The van der Waals surface area contributed by atoms with E-state index in [-0.39, 0.29) is 22.8 Å². The summed E-state index contributed by atoms with van der Waals surface area (Å²) in [6.07, 6.45) is 2.69. The number of fused-ring (bicyclic) bond motifs is 1. The molecule has 0 saturated carbocycles. The largest absolute Gasteiger partial charge is 0.368 e. The van der Waals surface area contributed by atoms with Crippen LogP contribution in [0.3, 0.4) is 0 Å². The van der Waals surface area contributed by atoms with Crippen LogP contribution in [0.15, 0.2) is 29.2 Å². The average molecular weight is 315 g/mol. The molecule has 2 aromatic rings. The van der Waals surface area contributed by atoms with E-state index in [4.69, 9.17) is 4.74 Å². The second-order valence-electron chi connectivity index (χ2n) is 7.57. The number of ether oxygens (including phenoxy) is 1. The molecular formula is C18H25N3O2. The number of hydrogen-bond acceptors (Lipinski definition) is 4. The van der Waals surface area contributed by atoms with Crippen LogP contribution in [0.5, 0.6) is 0 Å². The molecule has 0 bridgehead atoms. The molecule has 5 nitrogen and oxygen atoms in total. The third-order valence-corrected chi connectivity index (χ3v) is 4.54. The number of pyridine rings is 1. The number of nitrogens with one attached hydrogen (secondary N) is 1. The number of rotatable bonds is 3. The van der Waals surface area contributed by atoms with Crippen LogP contribution in [-0.2, 0) is 11.3 Å². The first kappa shape index (κ1) is 16.1. The van der Waals surface area contributed by atoms with Gasteiger partial charge >= 0.3 is 0 Å². The molecule has 0 aliphatic carbocycles. The SMILES string of the molecule is Cc1cccn2c(=O)cc(CN[C@H]3CC(C)(C)OC3(C)C)nc12. The molecule has 0 spiro atoms. The van der Waals surface area contributed by atoms with Gasteiger partial charge in [0, 0.05) is 24.8 Å². The van der Waals surface area contributed by atoms with E-state index in [1.165, 1.54) is 0 Å². The first-order valence-electron chi connectivity index (χ1n) is 8.09. The number of aromatic nitrogens is 2. The predicted molar refractivity (Wildman–Crippen MR) is 90.7 cm³/mol.